The number of sulfonamides is 1. The second-order valence-corrected chi connectivity index (χ2v) is 8.61. The lowest BCUT2D eigenvalue weighted by Gasteiger charge is -2.11. The standard InChI is InChI=1S/C21H26FN5O2S/c1-3-24-21(27-13-15-4-7-18(8-5-15)30(28,29)23-2)25-11-10-16-14-26-20-12-17(22)6-9-19(16)20/h4-9,12,14,23,26H,3,10-11,13H2,1-2H3,(H2,24,25,27). The largest absolute Gasteiger partial charge is 0.361 e. The molecule has 0 aliphatic carbocycles. The van der Waals surface area contributed by atoms with E-state index < -0.39 is 10.0 Å². The summed E-state index contributed by atoms with van der Waals surface area (Å²) >= 11 is 0. The molecule has 0 bridgehead atoms. The van der Waals surface area contributed by atoms with E-state index >= 15 is 0 Å². The number of hydrogen-bond donors (Lipinski definition) is 4. The average Bonchev–Trinajstić information content (AvgIpc) is 3.14. The highest BCUT2D eigenvalue weighted by Gasteiger charge is 2.10. The first-order chi connectivity index (χ1) is 14.4. The Morgan fingerprint density at radius 2 is 1.90 bits per heavy atom. The molecular formula is C21H26FN5O2S. The van der Waals surface area contributed by atoms with Crippen LogP contribution in [0.15, 0.2) is 58.5 Å². The molecule has 0 saturated heterocycles. The minimum Gasteiger partial charge on any atom is -0.361 e. The maximum atomic E-state index is 13.3. The van der Waals surface area contributed by atoms with Gasteiger partial charge in [0.25, 0.3) is 0 Å². The van der Waals surface area contributed by atoms with Crippen LogP contribution in [0.25, 0.3) is 10.9 Å². The van der Waals surface area contributed by atoms with E-state index in [0.29, 0.717) is 19.0 Å². The van der Waals surface area contributed by atoms with Crippen LogP contribution in [0, 0.1) is 5.82 Å². The third-order valence-corrected chi connectivity index (χ3v) is 6.11. The third kappa shape index (κ3) is 5.37. The van der Waals surface area contributed by atoms with Crippen LogP contribution in [-0.4, -0.2) is 39.5 Å². The van der Waals surface area contributed by atoms with E-state index in [0.717, 1.165) is 35.0 Å². The van der Waals surface area contributed by atoms with Crippen molar-refractivity contribution in [1.82, 2.24) is 20.3 Å². The Balaban J connectivity index is 1.60. The predicted molar refractivity (Wildman–Crippen MR) is 117 cm³/mol. The predicted octanol–water partition coefficient (Wildman–Crippen LogP) is 2.51. The Morgan fingerprint density at radius 3 is 2.60 bits per heavy atom. The fourth-order valence-corrected chi connectivity index (χ4v) is 3.81. The molecule has 0 fully saturated rings. The van der Waals surface area contributed by atoms with E-state index in [9.17, 15) is 12.8 Å². The number of H-pyrrole nitrogens is 1. The number of benzene rings is 2. The number of halogens is 1. The van der Waals surface area contributed by atoms with Crippen LogP contribution in [0.1, 0.15) is 18.1 Å². The molecule has 3 aromatic rings. The van der Waals surface area contributed by atoms with Crippen LogP contribution < -0.4 is 15.4 Å². The summed E-state index contributed by atoms with van der Waals surface area (Å²) in [6, 6.07) is 11.4. The van der Waals surface area contributed by atoms with Crippen molar-refractivity contribution in [3.8, 4) is 0 Å². The smallest absolute Gasteiger partial charge is 0.240 e. The average molecular weight is 432 g/mol. The Kier molecular flexibility index (Phi) is 7.07. The summed E-state index contributed by atoms with van der Waals surface area (Å²) in [5.74, 6) is 0.419. The van der Waals surface area contributed by atoms with Crippen molar-refractivity contribution in [3.05, 3.63) is 65.6 Å². The number of nitrogens with one attached hydrogen (secondary N) is 4. The molecule has 0 amide bonds. The van der Waals surface area contributed by atoms with Crippen molar-refractivity contribution in [2.45, 2.75) is 24.8 Å². The molecule has 1 aromatic heterocycles. The summed E-state index contributed by atoms with van der Waals surface area (Å²) in [4.78, 5) is 7.88. The summed E-state index contributed by atoms with van der Waals surface area (Å²) in [5.41, 5.74) is 2.80. The Bertz CT molecular complexity index is 1120. The highest BCUT2D eigenvalue weighted by molar-refractivity contribution is 7.89. The number of rotatable bonds is 8. The van der Waals surface area contributed by atoms with Gasteiger partial charge in [-0.3, -0.25) is 0 Å². The van der Waals surface area contributed by atoms with Gasteiger partial charge in [-0.1, -0.05) is 12.1 Å². The quantitative estimate of drug-likeness (QED) is 0.325. The monoisotopic (exact) mass is 431 g/mol. The maximum absolute atomic E-state index is 13.3. The number of nitrogens with zero attached hydrogens (tertiary/aromatic N) is 1. The molecule has 1 heterocycles. The molecule has 0 atom stereocenters. The fraction of sp³-hybridized carbons (Fsp3) is 0.286. The first-order valence-corrected chi connectivity index (χ1v) is 11.2. The molecule has 0 aliphatic heterocycles. The molecule has 30 heavy (non-hydrogen) atoms. The molecule has 2 aromatic carbocycles. The summed E-state index contributed by atoms with van der Waals surface area (Å²) in [6.45, 7) is 3.79. The lowest BCUT2D eigenvalue weighted by molar-refractivity contribution is 0.588. The molecule has 4 N–H and O–H groups in total. The minimum atomic E-state index is -3.44. The van der Waals surface area contributed by atoms with Crippen LogP contribution in [0.4, 0.5) is 4.39 Å². The number of fused-ring (bicyclic) bond motifs is 1. The van der Waals surface area contributed by atoms with Gasteiger partial charge < -0.3 is 15.6 Å². The van der Waals surface area contributed by atoms with Gasteiger partial charge in [0.15, 0.2) is 5.96 Å². The summed E-state index contributed by atoms with van der Waals surface area (Å²) in [7, 11) is -2.06. The van der Waals surface area contributed by atoms with Gasteiger partial charge in [0.05, 0.1) is 11.4 Å². The van der Waals surface area contributed by atoms with Crippen LogP contribution in [0.3, 0.4) is 0 Å². The van der Waals surface area contributed by atoms with Crippen molar-refractivity contribution in [3.63, 3.8) is 0 Å². The second kappa shape index (κ2) is 9.73. The normalized spacial score (nSPS) is 12.3. The van der Waals surface area contributed by atoms with Gasteiger partial charge in [0.2, 0.25) is 10.0 Å². The number of aliphatic imine (C=N–C) groups is 1. The highest BCUT2D eigenvalue weighted by atomic mass is 32.2. The maximum Gasteiger partial charge on any atom is 0.240 e. The van der Waals surface area contributed by atoms with E-state index in [2.05, 4.69) is 25.3 Å². The fourth-order valence-electron chi connectivity index (χ4n) is 3.08. The van der Waals surface area contributed by atoms with Crippen molar-refractivity contribution < 1.29 is 12.8 Å². The van der Waals surface area contributed by atoms with Gasteiger partial charge in [-0.25, -0.2) is 22.5 Å². The lowest BCUT2D eigenvalue weighted by Crippen LogP contribution is -2.38. The zero-order valence-corrected chi connectivity index (χ0v) is 17.8. The van der Waals surface area contributed by atoms with E-state index in [1.807, 2.05) is 13.1 Å². The molecule has 7 nitrogen and oxygen atoms in total. The Morgan fingerprint density at radius 1 is 1.13 bits per heavy atom. The first-order valence-electron chi connectivity index (χ1n) is 9.73. The topological polar surface area (TPSA) is 98.4 Å². The van der Waals surface area contributed by atoms with Crippen LogP contribution in [0.5, 0.6) is 0 Å². The lowest BCUT2D eigenvalue weighted by atomic mass is 10.1. The van der Waals surface area contributed by atoms with Crippen molar-refractivity contribution in [2.24, 2.45) is 4.99 Å². The third-order valence-electron chi connectivity index (χ3n) is 4.68. The summed E-state index contributed by atoms with van der Waals surface area (Å²) < 4.78 is 39.2. The number of hydrogen-bond acceptors (Lipinski definition) is 3. The molecule has 3 rings (SSSR count). The molecule has 160 valence electrons. The molecule has 0 radical (unpaired) electrons. The molecule has 0 saturated carbocycles. The zero-order chi connectivity index (χ0) is 21.6. The van der Waals surface area contributed by atoms with Gasteiger partial charge in [0.1, 0.15) is 5.82 Å². The zero-order valence-electron chi connectivity index (χ0n) is 17.0. The highest BCUT2D eigenvalue weighted by Crippen LogP contribution is 2.19. The molecule has 0 aliphatic rings. The number of aromatic amines is 1. The van der Waals surface area contributed by atoms with Gasteiger partial charge >= 0.3 is 0 Å². The van der Waals surface area contributed by atoms with Crippen molar-refractivity contribution >= 4 is 26.9 Å². The van der Waals surface area contributed by atoms with Gasteiger partial charge in [-0.05, 0) is 61.9 Å². The molecule has 0 unspecified atom stereocenters. The minimum absolute atomic E-state index is 0.223. The molecule has 0 spiro atoms. The van der Waals surface area contributed by atoms with E-state index in [-0.39, 0.29) is 10.7 Å². The summed E-state index contributed by atoms with van der Waals surface area (Å²) in [5, 5.41) is 7.50. The van der Waals surface area contributed by atoms with Gasteiger partial charge in [0, 0.05) is 30.2 Å². The van der Waals surface area contributed by atoms with Gasteiger partial charge in [-0.2, -0.15) is 0 Å². The van der Waals surface area contributed by atoms with Crippen molar-refractivity contribution in [1.29, 1.82) is 0 Å². The number of guanidine groups is 1. The SMILES string of the molecule is CCNC(=NCc1ccc(S(=O)(=O)NC)cc1)NCCc1c[nH]c2cc(F)ccc12. The van der Waals surface area contributed by atoms with Crippen molar-refractivity contribution in [2.75, 3.05) is 20.1 Å². The second-order valence-electron chi connectivity index (χ2n) is 6.73. The van der Waals surface area contributed by atoms with Crippen LogP contribution >= 0.6 is 0 Å². The summed E-state index contributed by atoms with van der Waals surface area (Å²) in [6.07, 6.45) is 2.66. The van der Waals surface area contributed by atoms with E-state index in [4.69, 9.17) is 0 Å². The number of aromatic nitrogens is 1. The van der Waals surface area contributed by atoms with Gasteiger partial charge in [-0.15, -0.1) is 0 Å². The van der Waals surface area contributed by atoms with Crippen LogP contribution in [0.2, 0.25) is 0 Å². The van der Waals surface area contributed by atoms with Crippen LogP contribution in [-0.2, 0) is 23.0 Å². The first kappa shape index (κ1) is 21.8. The van der Waals surface area contributed by atoms with E-state index in [1.54, 1.807) is 30.3 Å². The molecular weight excluding hydrogens is 405 g/mol. The molecule has 9 heteroatoms. The van der Waals surface area contributed by atoms with E-state index in [1.165, 1.54) is 19.2 Å². The Labute approximate surface area is 175 Å². The Hall–Kier alpha value is -2.91.